The van der Waals surface area contributed by atoms with Crippen LogP contribution < -0.4 is 5.19 Å². The molecule has 0 N–H and O–H groups in total. The summed E-state index contributed by atoms with van der Waals surface area (Å²) in [6.07, 6.45) is 0.344. The molecule has 0 saturated carbocycles. The second kappa shape index (κ2) is 7.63. The molecule has 0 aliphatic rings. The first-order valence-electron chi connectivity index (χ1n) is 6.72. The number of hydrogen-bond donors (Lipinski definition) is 0. The predicted octanol–water partition coefficient (Wildman–Crippen LogP) is 3.18. The van der Waals surface area contributed by atoms with E-state index in [2.05, 4.69) is 30.8 Å². The molecule has 104 valence electrons. The summed E-state index contributed by atoms with van der Waals surface area (Å²) >= 11 is 0. The molecule has 3 heteroatoms. The summed E-state index contributed by atoms with van der Waals surface area (Å²) in [5, 5.41) is 1.25. The van der Waals surface area contributed by atoms with Crippen molar-refractivity contribution >= 4 is 20.3 Å². The van der Waals surface area contributed by atoms with E-state index in [1.165, 1.54) is 10.8 Å². The summed E-state index contributed by atoms with van der Waals surface area (Å²) in [6, 6.07) is 8.46. The summed E-state index contributed by atoms with van der Waals surface area (Å²) < 4.78 is 11.6. The van der Waals surface area contributed by atoms with E-state index in [9.17, 15) is 0 Å². The first-order chi connectivity index (χ1) is 8.88. The van der Waals surface area contributed by atoms with Gasteiger partial charge in [0.05, 0.1) is 12.2 Å². The molecular formula is C16H24O2Si. The van der Waals surface area contributed by atoms with Crippen LogP contribution in [-0.2, 0) is 9.47 Å². The number of allylic oxidation sites excluding steroid dienone is 1. The number of rotatable bonds is 7. The van der Waals surface area contributed by atoms with Crippen molar-refractivity contribution in [2.75, 3.05) is 0 Å². The molecule has 0 bridgehead atoms. The van der Waals surface area contributed by atoms with E-state index in [4.69, 9.17) is 9.47 Å². The molecule has 0 aromatic heterocycles. The van der Waals surface area contributed by atoms with Gasteiger partial charge in [-0.2, -0.15) is 0 Å². The van der Waals surface area contributed by atoms with E-state index in [1.54, 1.807) is 0 Å². The molecule has 0 heterocycles. The lowest BCUT2D eigenvalue weighted by atomic mass is 10.1. The third-order valence-electron chi connectivity index (χ3n) is 2.45. The van der Waals surface area contributed by atoms with Gasteiger partial charge < -0.3 is 9.47 Å². The number of benzene rings is 1. The van der Waals surface area contributed by atoms with E-state index in [-0.39, 0.29) is 18.1 Å². The number of ether oxygens (including phenoxy) is 2. The fourth-order valence-electron chi connectivity index (χ4n) is 1.58. The van der Waals surface area contributed by atoms with Crippen molar-refractivity contribution in [3.63, 3.8) is 0 Å². The topological polar surface area (TPSA) is 18.5 Å². The highest BCUT2D eigenvalue weighted by Crippen LogP contribution is 2.09. The Morgan fingerprint density at radius 2 is 1.47 bits per heavy atom. The van der Waals surface area contributed by atoms with E-state index >= 15 is 0 Å². The zero-order valence-corrected chi connectivity index (χ0v) is 13.6. The third-order valence-corrected chi connectivity index (χ3v) is 3.63. The van der Waals surface area contributed by atoms with Gasteiger partial charge in [-0.25, -0.2) is 0 Å². The molecule has 0 atom stereocenters. The molecule has 0 unspecified atom stereocenters. The standard InChI is InChI=1S/C16H24O2Si/c1-11(2)14-7-9-15(10-8-14)19-16(17-12(3)4)18-13(5)6/h7-10,12-13,16H,1H2,2-6H3. The maximum absolute atomic E-state index is 5.82. The van der Waals surface area contributed by atoms with Gasteiger partial charge in [0, 0.05) is 0 Å². The summed E-state index contributed by atoms with van der Waals surface area (Å²) in [5.74, 6) is -0.157. The largest absolute Gasteiger partial charge is 0.354 e. The Balaban J connectivity index is 2.69. The molecule has 1 aromatic rings. The smallest absolute Gasteiger partial charge is 0.157 e. The van der Waals surface area contributed by atoms with Crippen LogP contribution in [0.2, 0.25) is 0 Å². The zero-order chi connectivity index (χ0) is 14.4. The zero-order valence-electron chi connectivity index (χ0n) is 12.6. The second-order valence-electron chi connectivity index (χ2n) is 5.20. The average Bonchev–Trinajstić information content (AvgIpc) is 2.27. The average molecular weight is 276 g/mol. The highest BCUT2D eigenvalue weighted by Gasteiger charge is 2.15. The molecule has 0 aliphatic heterocycles. The maximum atomic E-state index is 5.82. The Kier molecular flexibility index (Phi) is 6.49. The Morgan fingerprint density at radius 3 is 1.84 bits per heavy atom. The minimum atomic E-state index is -0.157. The van der Waals surface area contributed by atoms with Crippen LogP contribution in [0.3, 0.4) is 0 Å². The molecule has 2 nitrogen and oxygen atoms in total. The van der Waals surface area contributed by atoms with Crippen LogP contribution >= 0.6 is 0 Å². The minimum Gasteiger partial charge on any atom is -0.354 e. The molecule has 2 radical (unpaired) electrons. The molecule has 1 aromatic carbocycles. The maximum Gasteiger partial charge on any atom is 0.157 e. The summed E-state index contributed by atoms with van der Waals surface area (Å²) in [5.41, 5.74) is 2.27. The minimum absolute atomic E-state index is 0.157. The van der Waals surface area contributed by atoms with Crippen LogP contribution in [0.25, 0.3) is 5.57 Å². The van der Waals surface area contributed by atoms with Crippen molar-refractivity contribution in [1.29, 1.82) is 0 Å². The molecule has 0 amide bonds. The van der Waals surface area contributed by atoms with Crippen LogP contribution in [0.15, 0.2) is 30.8 Å². The van der Waals surface area contributed by atoms with Crippen LogP contribution in [0, 0.1) is 0 Å². The molecule has 1 rings (SSSR count). The lowest BCUT2D eigenvalue weighted by Crippen LogP contribution is -2.36. The SMILES string of the molecule is C=C(C)c1ccc([Si]C(OC(C)C)OC(C)C)cc1. The molecule has 0 aliphatic carbocycles. The van der Waals surface area contributed by atoms with Crippen LogP contribution in [0.5, 0.6) is 0 Å². The lowest BCUT2D eigenvalue weighted by molar-refractivity contribution is -0.133. The predicted molar refractivity (Wildman–Crippen MR) is 82.8 cm³/mol. The quantitative estimate of drug-likeness (QED) is 0.562. The van der Waals surface area contributed by atoms with Gasteiger partial charge in [-0.05, 0) is 40.2 Å². The Labute approximate surface area is 119 Å². The van der Waals surface area contributed by atoms with E-state index in [0.29, 0.717) is 9.52 Å². The fraction of sp³-hybridized carbons (Fsp3) is 0.500. The van der Waals surface area contributed by atoms with Gasteiger partial charge in [-0.1, -0.05) is 41.6 Å². The first kappa shape index (κ1) is 16.2. The van der Waals surface area contributed by atoms with Crippen molar-refractivity contribution in [3.8, 4) is 0 Å². The first-order valence-corrected chi connectivity index (χ1v) is 7.79. The summed E-state index contributed by atoms with van der Waals surface area (Å²) in [7, 11) is 0.497. The highest BCUT2D eigenvalue weighted by molar-refractivity contribution is 6.54. The molecule has 0 fully saturated rings. The van der Waals surface area contributed by atoms with Crippen LogP contribution in [-0.4, -0.2) is 27.6 Å². The van der Waals surface area contributed by atoms with Gasteiger partial charge in [-0.15, -0.1) is 0 Å². The van der Waals surface area contributed by atoms with Crippen LogP contribution in [0.1, 0.15) is 40.2 Å². The fourth-order valence-corrected chi connectivity index (χ4v) is 2.89. The lowest BCUT2D eigenvalue weighted by Gasteiger charge is -2.22. The van der Waals surface area contributed by atoms with Crippen LogP contribution in [0.4, 0.5) is 0 Å². The Morgan fingerprint density at radius 1 is 1.00 bits per heavy atom. The Bertz CT molecular complexity index is 386. The van der Waals surface area contributed by atoms with Gasteiger partial charge in [0.1, 0.15) is 5.91 Å². The third kappa shape index (κ3) is 6.19. The molecule has 0 saturated heterocycles. The van der Waals surface area contributed by atoms with Gasteiger partial charge in [0.2, 0.25) is 0 Å². The molecule has 19 heavy (non-hydrogen) atoms. The van der Waals surface area contributed by atoms with E-state index in [1.807, 2.05) is 34.6 Å². The van der Waals surface area contributed by atoms with Crippen molar-refractivity contribution in [2.24, 2.45) is 0 Å². The van der Waals surface area contributed by atoms with Crippen molar-refractivity contribution in [3.05, 3.63) is 36.4 Å². The summed E-state index contributed by atoms with van der Waals surface area (Å²) in [6.45, 7) is 14.1. The number of hydrogen-bond acceptors (Lipinski definition) is 2. The Hall–Kier alpha value is -0.903. The van der Waals surface area contributed by atoms with Gasteiger partial charge in [0.25, 0.3) is 0 Å². The monoisotopic (exact) mass is 276 g/mol. The summed E-state index contributed by atoms with van der Waals surface area (Å²) in [4.78, 5) is 0. The normalized spacial score (nSPS) is 11.6. The van der Waals surface area contributed by atoms with Gasteiger partial charge >= 0.3 is 0 Å². The highest BCUT2D eigenvalue weighted by atomic mass is 28.2. The van der Waals surface area contributed by atoms with Gasteiger partial charge in [-0.3, -0.25) is 0 Å². The molecular weight excluding hydrogens is 252 g/mol. The van der Waals surface area contributed by atoms with Crippen molar-refractivity contribution in [2.45, 2.75) is 52.7 Å². The molecule has 0 spiro atoms. The second-order valence-corrected chi connectivity index (χ2v) is 6.54. The van der Waals surface area contributed by atoms with E-state index in [0.717, 1.165) is 5.57 Å². The van der Waals surface area contributed by atoms with Gasteiger partial charge in [0.15, 0.2) is 9.52 Å². The van der Waals surface area contributed by atoms with Crippen molar-refractivity contribution < 1.29 is 9.47 Å². The van der Waals surface area contributed by atoms with E-state index < -0.39 is 0 Å². The van der Waals surface area contributed by atoms with Crippen molar-refractivity contribution in [1.82, 2.24) is 0 Å².